The molecule has 0 aliphatic carbocycles. The molecule has 1 aromatic carbocycles. The lowest BCUT2D eigenvalue weighted by atomic mass is 10.0. The number of para-hydroxylation sites is 1. The normalized spacial score (nSPS) is 18.9. The summed E-state index contributed by atoms with van der Waals surface area (Å²) in [6.45, 7) is 5.29. The van der Waals surface area contributed by atoms with Crippen LogP contribution in [0.2, 0.25) is 0 Å². The Balaban J connectivity index is 1.53. The fraction of sp³-hybridized carbons (Fsp3) is 0.474. The third-order valence-electron chi connectivity index (χ3n) is 4.74. The summed E-state index contributed by atoms with van der Waals surface area (Å²) in [6.07, 6.45) is 6.66. The molecule has 23 heavy (non-hydrogen) atoms. The van der Waals surface area contributed by atoms with Gasteiger partial charge in [0.05, 0.1) is 11.1 Å². The molecule has 1 amide bonds. The summed E-state index contributed by atoms with van der Waals surface area (Å²) in [5, 5.41) is 3.97. The molecule has 1 atom stereocenters. The number of hydrogen-bond acceptors (Lipinski definition) is 3. The molecule has 0 bridgehead atoms. The molecule has 1 saturated heterocycles. The summed E-state index contributed by atoms with van der Waals surface area (Å²) in [4.78, 5) is 19.3. The van der Waals surface area contributed by atoms with Crippen molar-refractivity contribution in [1.29, 1.82) is 0 Å². The van der Waals surface area contributed by atoms with E-state index < -0.39 is 0 Å². The van der Waals surface area contributed by atoms with Gasteiger partial charge in [-0.15, -0.1) is 0 Å². The van der Waals surface area contributed by atoms with Gasteiger partial charge in [0.1, 0.15) is 0 Å². The summed E-state index contributed by atoms with van der Waals surface area (Å²) in [6, 6.07) is 10.2. The van der Waals surface area contributed by atoms with E-state index >= 15 is 0 Å². The number of aromatic nitrogens is 1. The van der Waals surface area contributed by atoms with Crippen molar-refractivity contribution in [1.82, 2.24) is 15.2 Å². The zero-order valence-electron chi connectivity index (χ0n) is 13.8. The fourth-order valence-electron chi connectivity index (χ4n) is 3.36. The topological polar surface area (TPSA) is 45.2 Å². The molecular formula is C19H25N3O. The quantitative estimate of drug-likeness (QED) is 0.862. The van der Waals surface area contributed by atoms with E-state index in [1.807, 2.05) is 24.3 Å². The van der Waals surface area contributed by atoms with E-state index in [9.17, 15) is 4.79 Å². The van der Waals surface area contributed by atoms with E-state index in [0.717, 1.165) is 30.4 Å². The smallest absolute Gasteiger partial charge is 0.252 e. The third-order valence-corrected chi connectivity index (χ3v) is 4.74. The van der Waals surface area contributed by atoms with Gasteiger partial charge in [-0.25, -0.2) is 0 Å². The molecule has 1 aromatic heterocycles. The van der Waals surface area contributed by atoms with E-state index in [4.69, 9.17) is 0 Å². The minimum atomic E-state index is -0.00436. The SMILES string of the molecule is CC1CCCCN1CCCNC(=O)c1ccnc2ccccc12. The van der Waals surface area contributed by atoms with E-state index in [-0.39, 0.29) is 5.91 Å². The third kappa shape index (κ3) is 3.88. The number of piperidine rings is 1. The van der Waals surface area contributed by atoms with Crippen LogP contribution in [0.25, 0.3) is 10.9 Å². The maximum Gasteiger partial charge on any atom is 0.252 e. The lowest BCUT2D eigenvalue weighted by molar-refractivity contribution is 0.0950. The number of nitrogens with zero attached hydrogens (tertiary/aromatic N) is 2. The average Bonchev–Trinajstić information content (AvgIpc) is 2.59. The molecule has 1 aliphatic rings. The van der Waals surface area contributed by atoms with Crippen LogP contribution in [0.5, 0.6) is 0 Å². The Morgan fingerprint density at radius 2 is 2.17 bits per heavy atom. The van der Waals surface area contributed by atoms with Gasteiger partial charge < -0.3 is 10.2 Å². The number of amides is 1. The van der Waals surface area contributed by atoms with Gasteiger partial charge in [-0.05, 0) is 44.9 Å². The fourth-order valence-corrected chi connectivity index (χ4v) is 3.36. The first-order chi connectivity index (χ1) is 11.3. The molecule has 4 nitrogen and oxygen atoms in total. The van der Waals surface area contributed by atoms with Gasteiger partial charge in [0, 0.05) is 30.7 Å². The van der Waals surface area contributed by atoms with Gasteiger partial charge in [0.2, 0.25) is 0 Å². The predicted octanol–water partition coefficient (Wildman–Crippen LogP) is 3.23. The number of pyridine rings is 1. The Morgan fingerprint density at radius 1 is 1.30 bits per heavy atom. The molecule has 3 rings (SSSR count). The van der Waals surface area contributed by atoms with Crippen LogP contribution in [0, 0.1) is 0 Å². The monoisotopic (exact) mass is 311 g/mol. The van der Waals surface area contributed by atoms with Crippen LogP contribution >= 0.6 is 0 Å². The van der Waals surface area contributed by atoms with Crippen molar-refractivity contribution in [2.45, 2.75) is 38.6 Å². The van der Waals surface area contributed by atoms with Crippen molar-refractivity contribution in [3.05, 3.63) is 42.1 Å². The molecule has 1 aliphatic heterocycles. The van der Waals surface area contributed by atoms with Crippen LogP contribution in [0.3, 0.4) is 0 Å². The van der Waals surface area contributed by atoms with Gasteiger partial charge in [-0.2, -0.15) is 0 Å². The highest BCUT2D eigenvalue weighted by Gasteiger charge is 2.17. The Morgan fingerprint density at radius 3 is 3.04 bits per heavy atom. The second-order valence-corrected chi connectivity index (χ2v) is 6.37. The number of likely N-dealkylation sites (tertiary alicyclic amines) is 1. The molecule has 4 heteroatoms. The maximum atomic E-state index is 12.4. The first-order valence-electron chi connectivity index (χ1n) is 8.62. The highest BCUT2D eigenvalue weighted by molar-refractivity contribution is 6.05. The lowest BCUT2D eigenvalue weighted by Crippen LogP contribution is -2.39. The van der Waals surface area contributed by atoms with Crippen molar-refractivity contribution in [2.24, 2.45) is 0 Å². The molecule has 0 saturated carbocycles. The standard InChI is InChI=1S/C19H25N3O/c1-15-7-4-5-13-22(15)14-6-11-21-19(23)17-10-12-20-18-9-3-2-8-16(17)18/h2-3,8-10,12,15H,4-7,11,13-14H2,1H3,(H,21,23). The van der Waals surface area contributed by atoms with E-state index in [2.05, 4.69) is 22.1 Å². The van der Waals surface area contributed by atoms with Crippen molar-refractivity contribution in [2.75, 3.05) is 19.6 Å². The van der Waals surface area contributed by atoms with Gasteiger partial charge in [-0.1, -0.05) is 24.6 Å². The van der Waals surface area contributed by atoms with Gasteiger partial charge in [0.25, 0.3) is 5.91 Å². The number of nitrogens with one attached hydrogen (secondary N) is 1. The maximum absolute atomic E-state index is 12.4. The number of fused-ring (bicyclic) bond motifs is 1. The highest BCUT2D eigenvalue weighted by atomic mass is 16.1. The predicted molar refractivity (Wildman–Crippen MR) is 93.6 cm³/mol. The average molecular weight is 311 g/mol. The summed E-state index contributed by atoms with van der Waals surface area (Å²) in [5.41, 5.74) is 1.57. The molecule has 1 unspecified atom stereocenters. The number of carbonyl (C=O) groups excluding carboxylic acids is 1. The number of hydrogen-bond donors (Lipinski definition) is 1. The second-order valence-electron chi connectivity index (χ2n) is 6.37. The van der Waals surface area contributed by atoms with Crippen LogP contribution in [-0.4, -0.2) is 41.5 Å². The van der Waals surface area contributed by atoms with Crippen molar-refractivity contribution >= 4 is 16.8 Å². The first kappa shape index (κ1) is 15.9. The number of rotatable bonds is 5. The van der Waals surface area contributed by atoms with Crippen molar-refractivity contribution in [3.63, 3.8) is 0 Å². The van der Waals surface area contributed by atoms with Gasteiger partial charge in [-0.3, -0.25) is 9.78 Å². The van der Waals surface area contributed by atoms with Gasteiger partial charge in [0.15, 0.2) is 0 Å². The van der Waals surface area contributed by atoms with Crippen LogP contribution in [-0.2, 0) is 0 Å². The molecule has 2 heterocycles. The molecule has 0 spiro atoms. The molecule has 0 radical (unpaired) electrons. The molecule has 1 fully saturated rings. The van der Waals surface area contributed by atoms with Crippen LogP contribution < -0.4 is 5.32 Å². The summed E-state index contributed by atoms with van der Waals surface area (Å²) < 4.78 is 0. The van der Waals surface area contributed by atoms with Crippen molar-refractivity contribution in [3.8, 4) is 0 Å². The molecule has 2 aromatic rings. The molecule has 122 valence electrons. The Bertz CT molecular complexity index is 665. The van der Waals surface area contributed by atoms with E-state index in [1.165, 1.54) is 25.8 Å². The van der Waals surface area contributed by atoms with Gasteiger partial charge >= 0.3 is 0 Å². The molecule has 1 N–H and O–H groups in total. The van der Waals surface area contributed by atoms with E-state index in [0.29, 0.717) is 11.6 Å². The number of carbonyl (C=O) groups is 1. The van der Waals surface area contributed by atoms with Crippen LogP contribution in [0.15, 0.2) is 36.5 Å². The highest BCUT2D eigenvalue weighted by Crippen LogP contribution is 2.17. The number of benzene rings is 1. The Labute approximate surface area is 137 Å². The largest absolute Gasteiger partial charge is 0.352 e. The minimum Gasteiger partial charge on any atom is -0.352 e. The summed E-state index contributed by atoms with van der Waals surface area (Å²) in [5.74, 6) is -0.00436. The van der Waals surface area contributed by atoms with E-state index in [1.54, 1.807) is 12.3 Å². The minimum absolute atomic E-state index is 0.00436. The Kier molecular flexibility index (Phi) is 5.23. The lowest BCUT2D eigenvalue weighted by Gasteiger charge is -2.33. The Hall–Kier alpha value is -1.94. The summed E-state index contributed by atoms with van der Waals surface area (Å²) in [7, 11) is 0. The first-order valence-corrected chi connectivity index (χ1v) is 8.62. The van der Waals surface area contributed by atoms with Crippen molar-refractivity contribution < 1.29 is 4.79 Å². The van der Waals surface area contributed by atoms with Crippen LogP contribution in [0.1, 0.15) is 43.0 Å². The second kappa shape index (κ2) is 7.55. The summed E-state index contributed by atoms with van der Waals surface area (Å²) >= 11 is 0. The molecular weight excluding hydrogens is 286 g/mol. The zero-order chi connectivity index (χ0) is 16.1. The zero-order valence-corrected chi connectivity index (χ0v) is 13.8. The van der Waals surface area contributed by atoms with Crippen LogP contribution in [0.4, 0.5) is 0 Å².